The van der Waals surface area contributed by atoms with Gasteiger partial charge in [0.25, 0.3) is 0 Å². The SMILES string of the molecule is CC(C)C(=O)COCC(=O)[N-]c1ccc(C(C)C)cc1.CC(C)[N-]C(=O)COCC(=O)C(C)C.[Rb+].[Rb+]. The standard InChI is InChI=1S/C16H23NO3.C10H19NO3.2Rb/c1-11(2)13-5-7-14(8-6-13)17-16(19)10-20-9-15(18)12(3)4;1-7(2)9(12)5-14-6-10(13)11-8(3)4;;/h5-8,11-12H,9-10H2,1-4H3,(H,17,19);7-8H,5-6H2,1-4H3,(H,11,13);;/q;;2*+1/p-2. The van der Waals surface area contributed by atoms with Crippen LogP contribution in [0.2, 0.25) is 0 Å². The van der Waals surface area contributed by atoms with Gasteiger partial charge in [-0.05, 0) is 11.5 Å². The van der Waals surface area contributed by atoms with E-state index in [4.69, 9.17) is 9.47 Å². The summed E-state index contributed by atoms with van der Waals surface area (Å²) in [5.41, 5.74) is 1.81. The minimum atomic E-state index is -0.376. The largest absolute Gasteiger partial charge is 1.00 e. The van der Waals surface area contributed by atoms with Crippen molar-refractivity contribution in [2.75, 3.05) is 26.4 Å². The van der Waals surface area contributed by atoms with Crippen LogP contribution in [0.3, 0.4) is 0 Å². The van der Waals surface area contributed by atoms with E-state index in [-0.39, 0.29) is 184 Å². The van der Waals surface area contributed by atoms with Crippen molar-refractivity contribution < 1.29 is 145 Å². The molecule has 0 aliphatic heterocycles. The molecule has 10 heteroatoms. The van der Waals surface area contributed by atoms with Gasteiger partial charge >= 0.3 is 116 Å². The fourth-order valence-electron chi connectivity index (χ4n) is 2.25. The first-order chi connectivity index (χ1) is 15.8. The predicted octanol–water partition coefficient (Wildman–Crippen LogP) is -0.872. The second-order valence-electron chi connectivity index (χ2n) is 9.10. The monoisotopic (exact) mass is 646 g/mol. The molecule has 0 radical (unpaired) electrons. The summed E-state index contributed by atoms with van der Waals surface area (Å²) >= 11 is 0. The van der Waals surface area contributed by atoms with E-state index in [1.807, 2.05) is 38.1 Å². The zero-order valence-corrected chi connectivity index (χ0v) is 33.6. The summed E-state index contributed by atoms with van der Waals surface area (Å²) in [5, 5.41) is 7.67. The Labute approximate surface area is 314 Å². The quantitative estimate of drug-likeness (QED) is 0.275. The first-order valence-electron chi connectivity index (χ1n) is 11.6. The molecule has 0 unspecified atom stereocenters. The summed E-state index contributed by atoms with van der Waals surface area (Å²) in [6.45, 7) is 14.7. The molecule has 0 heterocycles. The van der Waals surface area contributed by atoms with E-state index in [0.717, 1.165) is 0 Å². The number of hydrogen-bond acceptors (Lipinski definition) is 6. The molecule has 1 rings (SSSR count). The fraction of sp³-hybridized carbons (Fsp3) is 0.615. The van der Waals surface area contributed by atoms with E-state index < -0.39 is 0 Å². The van der Waals surface area contributed by atoms with Crippen LogP contribution in [0.1, 0.15) is 66.9 Å². The molecule has 0 aliphatic rings. The van der Waals surface area contributed by atoms with Crippen LogP contribution in [0, 0.1) is 11.8 Å². The number of ether oxygens (including phenoxy) is 2. The second kappa shape index (κ2) is 23.9. The van der Waals surface area contributed by atoms with Crippen LogP contribution in [0.15, 0.2) is 24.3 Å². The zero-order chi connectivity index (χ0) is 26.3. The summed E-state index contributed by atoms with van der Waals surface area (Å²) < 4.78 is 9.99. The molecule has 1 aromatic carbocycles. The molecule has 0 atom stereocenters. The van der Waals surface area contributed by atoms with E-state index in [0.29, 0.717) is 11.6 Å². The van der Waals surface area contributed by atoms with Gasteiger partial charge in [0, 0.05) is 11.8 Å². The van der Waals surface area contributed by atoms with Crippen molar-refractivity contribution in [3.63, 3.8) is 0 Å². The van der Waals surface area contributed by atoms with Crippen LogP contribution in [0.5, 0.6) is 0 Å². The molecule has 2 amide bonds. The normalized spacial score (nSPS) is 10.2. The molecule has 0 saturated carbocycles. The van der Waals surface area contributed by atoms with Gasteiger partial charge < -0.3 is 29.7 Å². The maximum atomic E-state index is 11.6. The van der Waals surface area contributed by atoms with Crippen LogP contribution in [-0.4, -0.2) is 55.9 Å². The number of carbonyl (C=O) groups is 4. The van der Waals surface area contributed by atoms with Gasteiger partial charge in [-0.15, -0.1) is 11.7 Å². The topological polar surface area (TPSA) is 115 Å². The van der Waals surface area contributed by atoms with Gasteiger partial charge in [-0.25, -0.2) is 0 Å². The summed E-state index contributed by atoms with van der Waals surface area (Å²) in [6, 6.07) is 7.52. The zero-order valence-electron chi connectivity index (χ0n) is 23.8. The molecule has 1 aromatic rings. The Balaban J connectivity index is -0.000000607. The molecular weight excluding hydrogens is 607 g/mol. The number of hydrogen-bond donors (Lipinski definition) is 0. The van der Waals surface area contributed by atoms with Crippen LogP contribution in [0.25, 0.3) is 10.6 Å². The number of nitrogens with zero attached hydrogens (tertiary/aromatic N) is 2. The van der Waals surface area contributed by atoms with Crippen molar-refractivity contribution in [3.05, 3.63) is 40.5 Å². The van der Waals surface area contributed by atoms with Crippen LogP contribution >= 0.6 is 0 Å². The molecule has 0 saturated heterocycles. The summed E-state index contributed by atoms with van der Waals surface area (Å²) in [7, 11) is 0. The van der Waals surface area contributed by atoms with Crippen molar-refractivity contribution in [1.29, 1.82) is 0 Å². The van der Waals surface area contributed by atoms with Gasteiger partial charge in [-0.2, -0.15) is 0 Å². The van der Waals surface area contributed by atoms with Gasteiger partial charge in [0.05, 0.1) is 25.0 Å². The van der Waals surface area contributed by atoms with Crippen molar-refractivity contribution >= 4 is 29.1 Å². The minimum absolute atomic E-state index is 0. The van der Waals surface area contributed by atoms with Crippen molar-refractivity contribution in [2.45, 2.75) is 67.3 Å². The van der Waals surface area contributed by atoms with Gasteiger partial charge in [0.1, 0.15) is 13.2 Å². The third-order valence-electron chi connectivity index (χ3n) is 4.44. The number of Topliss-reactive ketones (excluding diaryl/α,β-unsaturated/α-hetero) is 2. The molecule has 0 N–H and O–H groups in total. The predicted molar refractivity (Wildman–Crippen MR) is 133 cm³/mol. The number of ketones is 2. The third-order valence-corrected chi connectivity index (χ3v) is 4.44. The average molecular weight is 648 g/mol. The summed E-state index contributed by atoms with van der Waals surface area (Å²) in [4.78, 5) is 45.0. The number of benzene rings is 1. The summed E-state index contributed by atoms with van der Waals surface area (Å²) in [6.07, 6.45) is 0. The third kappa shape index (κ3) is 21.9. The van der Waals surface area contributed by atoms with Crippen LogP contribution in [0.4, 0.5) is 5.69 Å². The van der Waals surface area contributed by atoms with E-state index in [2.05, 4.69) is 24.5 Å². The fourth-order valence-corrected chi connectivity index (χ4v) is 2.25. The Bertz CT molecular complexity index is 781. The van der Waals surface area contributed by atoms with Crippen molar-refractivity contribution in [1.82, 2.24) is 0 Å². The first-order valence-corrected chi connectivity index (χ1v) is 11.6. The van der Waals surface area contributed by atoms with E-state index >= 15 is 0 Å². The van der Waals surface area contributed by atoms with Gasteiger partial charge in [-0.1, -0.05) is 79.7 Å². The van der Waals surface area contributed by atoms with E-state index in [1.54, 1.807) is 27.7 Å². The van der Waals surface area contributed by atoms with Crippen LogP contribution < -0.4 is 116 Å². The van der Waals surface area contributed by atoms with Crippen LogP contribution in [-0.2, 0) is 28.7 Å². The van der Waals surface area contributed by atoms with E-state index in [1.165, 1.54) is 5.56 Å². The smallest absolute Gasteiger partial charge is 0.649 e. The molecule has 0 bridgehead atoms. The summed E-state index contributed by atoms with van der Waals surface area (Å²) in [5.74, 6) is -0.375. The van der Waals surface area contributed by atoms with Gasteiger partial charge in [-0.3, -0.25) is 9.59 Å². The maximum absolute atomic E-state index is 11.6. The second-order valence-corrected chi connectivity index (χ2v) is 9.10. The molecular formula is C26H40N2O6Rb2. The van der Waals surface area contributed by atoms with Crippen molar-refractivity contribution in [2.24, 2.45) is 11.8 Å². The van der Waals surface area contributed by atoms with E-state index in [9.17, 15) is 19.2 Å². The number of rotatable bonds is 13. The molecule has 192 valence electrons. The number of amides is 2. The van der Waals surface area contributed by atoms with Gasteiger partial charge in [0.15, 0.2) is 11.6 Å². The van der Waals surface area contributed by atoms with Crippen molar-refractivity contribution in [3.8, 4) is 0 Å². The number of carbonyl (C=O) groups excluding carboxylic acids is 4. The molecule has 36 heavy (non-hydrogen) atoms. The average Bonchev–Trinajstić information content (AvgIpc) is 2.73. The Morgan fingerprint density at radius 3 is 1.44 bits per heavy atom. The van der Waals surface area contributed by atoms with Gasteiger partial charge in [0.2, 0.25) is 0 Å². The minimum Gasteiger partial charge on any atom is -0.649 e. The molecule has 0 aliphatic carbocycles. The Hall–Kier alpha value is 1.03. The first kappa shape index (κ1) is 41.5. The molecule has 0 aromatic heterocycles. The Kier molecular flexibility index (Phi) is 27.5. The molecule has 8 nitrogen and oxygen atoms in total. The molecule has 0 spiro atoms. The maximum Gasteiger partial charge on any atom is 1.00 e. The molecule has 0 fully saturated rings. The Morgan fingerprint density at radius 2 is 1.08 bits per heavy atom. The Morgan fingerprint density at radius 1 is 0.667 bits per heavy atom.